The lowest BCUT2D eigenvalue weighted by Crippen LogP contribution is -2.38. The molecule has 0 aromatic heterocycles. The highest BCUT2D eigenvalue weighted by atomic mass is 35.5. The fraction of sp³-hybridized carbons (Fsp3) is 0.684. The Labute approximate surface area is 134 Å². The Hall–Kier alpha value is -0.530. The van der Waals surface area contributed by atoms with Crippen LogP contribution in [-0.4, -0.2) is 6.04 Å². The second-order valence-electron chi connectivity index (χ2n) is 7.92. The predicted octanol–water partition coefficient (Wildman–Crippen LogP) is 5.52. The summed E-state index contributed by atoms with van der Waals surface area (Å²) in [5.41, 5.74) is 3.19. The number of hydrogen-bond donors (Lipinski definition) is 1. The van der Waals surface area contributed by atoms with Crippen molar-refractivity contribution in [2.24, 2.45) is 11.3 Å². The molecule has 0 bridgehead atoms. The van der Waals surface area contributed by atoms with Crippen LogP contribution < -0.4 is 5.32 Å². The van der Waals surface area contributed by atoms with Crippen molar-refractivity contribution in [1.82, 2.24) is 5.32 Å². The molecule has 0 aliphatic heterocycles. The molecule has 21 heavy (non-hydrogen) atoms. The van der Waals surface area contributed by atoms with Crippen LogP contribution >= 0.6 is 11.6 Å². The van der Waals surface area contributed by atoms with Gasteiger partial charge in [0.05, 0.1) is 0 Å². The Morgan fingerprint density at radius 3 is 2.76 bits per heavy atom. The molecule has 0 radical (unpaired) electrons. The minimum atomic E-state index is 0.283. The third-order valence-electron chi connectivity index (χ3n) is 5.51. The van der Waals surface area contributed by atoms with Gasteiger partial charge in [-0.2, -0.15) is 0 Å². The monoisotopic (exact) mass is 305 g/mol. The molecule has 0 amide bonds. The number of fused-ring (bicyclic) bond motifs is 1. The average Bonchev–Trinajstić information content (AvgIpc) is 2.56. The SMILES string of the molecule is CC1CCCC(NC2c3cc(Cl)ccc3CC2(C)C)CC1. The Morgan fingerprint density at radius 2 is 1.95 bits per heavy atom. The molecule has 1 aromatic rings. The van der Waals surface area contributed by atoms with E-state index in [2.05, 4.69) is 38.2 Å². The van der Waals surface area contributed by atoms with Gasteiger partial charge in [-0.1, -0.05) is 51.3 Å². The number of nitrogens with one attached hydrogen (secondary N) is 1. The van der Waals surface area contributed by atoms with Gasteiger partial charge < -0.3 is 5.32 Å². The van der Waals surface area contributed by atoms with Crippen LogP contribution in [0.5, 0.6) is 0 Å². The molecular weight excluding hydrogens is 278 g/mol. The summed E-state index contributed by atoms with van der Waals surface area (Å²) < 4.78 is 0. The third kappa shape index (κ3) is 3.29. The summed E-state index contributed by atoms with van der Waals surface area (Å²) in [5.74, 6) is 0.898. The van der Waals surface area contributed by atoms with Crippen molar-refractivity contribution in [1.29, 1.82) is 0 Å². The second-order valence-corrected chi connectivity index (χ2v) is 8.35. The van der Waals surface area contributed by atoms with Gasteiger partial charge in [-0.25, -0.2) is 0 Å². The molecule has 3 unspecified atom stereocenters. The maximum absolute atomic E-state index is 6.24. The first-order valence-electron chi connectivity index (χ1n) is 8.50. The van der Waals surface area contributed by atoms with Crippen LogP contribution in [0.3, 0.4) is 0 Å². The van der Waals surface area contributed by atoms with E-state index < -0.39 is 0 Å². The molecule has 1 saturated carbocycles. The maximum Gasteiger partial charge on any atom is 0.0409 e. The van der Waals surface area contributed by atoms with Crippen LogP contribution in [0.15, 0.2) is 18.2 Å². The van der Waals surface area contributed by atoms with Crippen molar-refractivity contribution in [3.05, 3.63) is 34.3 Å². The van der Waals surface area contributed by atoms with Gasteiger partial charge in [-0.15, -0.1) is 0 Å². The maximum atomic E-state index is 6.24. The first-order chi connectivity index (χ1) is 9.95. The summed E-state index contributed by atoms with van der Waals surface area (Å²) >= 11 is 6.24. The summed E-state index contributed by atoms with van der Waals surface area (Å²) in [6, 6.07) is 7.55. The fourth-order valence-electron chi connectivity index (χ4n) is 4.21. The molecule has 0 heterocycles. The van der Waals surface area contributed by atoms with E-state index in [-0.39, 0.29) is 5.41 Å². The van der Waals surface area contributed by atoms with Crippen molar-refractivity contribution in [2.45, 2.75) is 71.4 Å². The van der Waals surface area contributed by atoms with Crippen molar-refractivity contribution in [3.8, 4) is 0 Å². The van der Waals surface area contributed by atoms with E-state index in [4.69, 9.17) is 11.6 Å². The van der Waals surface area contributed by atoms with E-state index >= 15 is 0 Å². The minimum Gasteiger partial charge on any atom is -0.307 e. The highest BCUT2D eigenvalue weighted by molar-refractivity contribution is 6.30. The molecule has 0 saturated heterocycles. The van der Waals surface area contributed by atoms with Gasteiger partial charge in [-0.3, -0.25) is 0 Å². The molecule has 2 aliphatic carbocycles. The third-order valence-corrected chi connectivity index (χ3v) is 5.74. The molecule has 0 spiro atoms. The van der Waals surface area contributed by atoms with Gasteiger partial charge in [0, 0.05) is 17.1 Å². The molecule has 1 aromatic carbocycles. The van der Waals surface area contributed by atoms with Crippen molar-refractivity contribution < 1.29 is 0 Å². The summed E-state index contributed by atoms with van der Waals surface area (Å²) in [7, 11) is 0. The van der Waals surface area contributed by atoms with E-state index in [9.17, 15) is 0 Å². The van der Waals surface area contributed by atoms with Gasteiger partial charge >= 0.3 is 0 Å². The van der Waals surface area contributed by atoms with E-state index in [1.54, 1.807) is 0 Å². The molecule has 3 atom stereocenters. The quantitative estimate of drug-likeness (QED) is 0.709. The number of halogens is 1. The summed E-state index contributed by atoms with van der Waals surface area (Å²) in [5, 5.41) is 4.86. The zero-order chi connectivity index (χ0) is 15.0. The number of rotatable bonds is 2. The van der Waals surface area contributed by atoms with Crippen LogP contribution in [-0.2, 0) is 6.42 Å². The van der Waals surface area contributed by atoms with Gasteiger partial charge in [0.1, 0.15) is 0 Å². The fourth-order valence-corrected chi connectivity index (χ4v) is 4.39. The van der Waals surface area contributed by atoms with Crippen LogP contribution in [0.25, 0.3) is 0 Å². The van der Waals surface area contributed by atoms with Crippen LogP contribution in [0.2, 0.25) is 5.02 Å². The highest BCUT2D eigenvalue weighted by Gasteiger charge is 2.39. The summed E-state index contributed by atoms with van der Waals surface area (Å²) in [4.78, 5) is 0. The lowest BCUT2D eigenvalue weighted by Gasteiger charge is -2.32. The molecule has 1 N–H and O–H groups in total. The van der Waals surface area contributed by atoms with Crippen molar-refractivity contribution >= 4 is 11.6 Å². The Balaban J connectivity index is 1.79. The lowest BCUT2D eigenvalue weighted by molar-refractivity contribution is 0.238. The zero-order valence-corrected chi connectivity index (χ0v) is 14.3. The van der Waals surface area contributed by atoms with Crippen molar-refractivity contribution in [2.75, 3.05) is 0 Å². The smallest absolute Gasteiger partial charge is 0.0409 e. The van der Waals surface area contributed by atoms with Crippen LogP contribution in [0.1, 0.15) is 70.0 Å². The van der Waals surface area contributed by atoms with Crippen LogP contribution in [0, 0.1) is 11.3 Å². The normalized spacial score (nSPS) is 31.7. The largest absolute Gasteiger partial charge is 0.307 e. The van der Waals surface area contributed by atoms with Crippen molar-refractivity contribution in [3.63, 3.8) is 0 Å². The van der Waals surface area contributed by atoms with Gasteiger partial charge in [0.15, 0.2) is 0 Å². The Kier molecular flexibility index (Phi) is 4.34. The van der Waals surface area contributed by atoms with E-state index in [1.807, 2.05) is 6.07 Å². The highest BCUT2D eigenvalue weighted by Crippen LogP contribution is 2.46. The van der Waals surface area contributed by atoms with Gasteiger partial charge in [0.25, 0.3) is 0 Å². The van der Waals surface area contributed by atoms with E-state index in [0.717, 1.165) is 17.4 Å². The molecule has 2 heteroatoms. The summed E-state index contributed by atoms with van der Waals surface area (Å²) in [6.07, 6.45) is 7.94. The Morgan fingerprint density at radius 1 is 1.14 bits per heavy atom. The zero-order valence-electron chi connectivity index (χ0n) is 13.6. The van der Waals surface area contributed by atoms with Gasteiger partial charge in [-0.05, 0) is 60.3 Å². The predicted molar refractivity (Wildman–Crippen MR) is 90.9 cm³/mol. The van der Waals surface area contributed by atoms with Gasteiger partial charge in [0.2, 0.25) is 0 Å². The molecule has 116 valence electrons. The molecule has 1 fully saturated rings. The standard InChI is InChI=1S/C19H28ClN/c1-13-5-4-6-16(10-7-13)21-18-17-11-15(20)9-8-14(17)12-19(18,2)3/h8-9,11,13,16,18,21H,4-7,10,12H2,1-3H3. The molecule has 3 rings (SSSR count). The topological polar surface area (TPSA) is 12.0 Å². The molecule has 2 aliphatic rings. The lowest BCUT2D eigenvalue weighted by atomic mass is 9.84. The average molecular weight is 306 g/mol. The number of hydrogen-bond acceptors (Lipinski definition) is 1. The molecule has 1 nitrogen and oxygen atoms in total. The Bertz CT molecular complexity index is 508. The molecular formula is C19H28ClN. The first kappa shape index (κ1) is 15.4. The van der Waals surface area contributed by atoms with Crippen LogP contribution in [0.4, 0.5) is 0 Å². The summed E-state index contributed by atoms with van der Waals surface area (Å²) in [6.45, 7) is 7.17. The minimum absolute atomic E-state index is 0.283. The number of benzene rings is 1. The van der Waals surface area contributed by atoms with E-state index in [0.29, 0.717) is 12.1 Å². The van der Waals surface area contributed by atoms with E-state index in [1.165, 1.54) is 43.2 Å². The second kappa shape index (κ2) is 5.93. The first-order valence-corrected chi connectivity index (χ1v) is 8.88.